The molecule has 1 unspecified atom stereocenters. The highest BCUT2D eigenvalue weighted by molar-refractivity contribution is 5.39. The summed E-state index contributed by atoms with van der Waals surface area (Å²) in [5.41, 5.74) is 1.41. The lowest BCUT2D eigenvalue weighted by molar-refractivity contribution is 0.265. The van der Waals surface area contributed by atoms with Crippen LogP contribution < -0.4 is 9.47 Å². The lowest BCUT2D eigenvalue weighted by Gasteiger charge is -2.14. The molecular formula is C19H24O2. The minimum absolute atomic E-state index is 0.653. The maximum Gasteiger partial charge on any atom is 0.161 e. The maximum atomic E-state index is 5.83. The predicted molar refractivity (Wildman–Crippen MR) is 87.0 cm³/mol. The number of hydrogen-bond acceptors (Lipinski definition) is 2. The Kier molecular flexibility index (Phi) is 6.14. The van der Waals surface area contributed by atoms with Gasteiger partial charge in [-0.2, -0.15) is 0 Å². The topological polar surface area (TPSA) is 18.5 Å². The number of ether oxygens (including phenoxy) is 2. The van der Waals surface area contributed by atoms with Gasteiger partial charge < -0.3 is 9.47 Å². The zero-order valence-electron chi connectivity index (χ0n) is 12.9. The summed E-state index contributed by atoms with van der Waals surface area (Å²) in [6, 6.07) is 18.5. The van der Waals surface area contributed by atoms with Crippen LogP contribution in [-0.4, -0.2) is 13.7 Å². The van der Waals surface area contributed by atoms with E-state index in [4.69, 9.17) is 9.47 Å². The number of methoxy groups -OCH3 is 1. The zero-order chi connectivity index (χ0) is 14.9. The van der Waals surface area contributed by atoms with Crippen LogP contribution in [0.25, 0.3) is 0 Å². The molecule has 0 aliphatic carbocycles. The second-order valence-corrected chi connectivity index (χ2v) is 5.42. The highest BCUT2D eigenvalue weighted by Gasteiger charge is 2.06. The number of rotatable bonds is 8. The summed E-state index contributed by atoms with van der Waals surface area (Å²) >= 11 is 0. The Balaban J connectivity index is 1.70. The molecule has 0 bridgehead atoms. The van der Waals surface area contributed by atoms with Crippen LogP contribution >= 0.6 is 0 Å². The fourth-order valence-corrected chi connectivity index (χ4v) is 2.31. The molecule has 0 aliphatic heterocycles. The van der Waals surface area contributed by atoms with Crippen molar-refractivity contribution < 1.29 is 9.47 Å². The Bertz CT molecular complexity index is 522. The van der Waals surface area contributed by atoms with E-state index >= 15 is 0 Å². The molecule has 2 aromatic carbocycles. The summed E-state index contributed by atoms with van der Waals surface area (Å²) in [4.78, 5) is 0. The molecule has 0 aromatic heterocycles. The molecule has 0 saturated heterocycles. The molecule has 0 spiro atoms. The first-order valence-corrected chi connectivity index (χ1v) is 7.59. The average Bonchev–Trinajstić information content (AvgIpc) is 2.54. The molecule has 2 aromatic rings. The third kappa shape index (κ3) is 5.14. The highest BCUT2D eigenvalue weighted by Crippen LogP contribution is 2.26. The standard InChI is InChI=1S/C19H24O2/c1-16(12-13-17-8-4-3-5-9-17)14-15-21-19-11-7-6-10-18(19)20-2/h3-11,16H,12-15H2,1-2H3. The van der Waals surface area contributed by atoms with Crippen molar-refractivity contribution in [1.82, 2.24) is 0 Å². The van der Waals surface area contributed by atoms with Gasteiger partial charge in [-0.1, -0.05) is 49.4 Å². The van der Waals surface area contributed by atoms with Crippen LogP contribution in [0.2, 0.25) is 0 Å². The number of benzene rings is 2. The molecule has 112 valence electrons. The molecule has 0 saturated carbocycles. The second-order valence-electron chi connectivity index (χ2n) is 5.42. The molecule has 0 radical (unpaired) electrons. The summed E-state index contributed by atoms with van der Waals surface area (Å²) < 4.78 is 11.1. The SMILES string of the molecule is COc1ccccc1OCCC(C)CCc1ccccc1. The summed E-state index contributed by atoms with van der Waals surface area (Å²) in [7, 11) is 1.67. The lowest BCUT2D eigenvalue weighted by Crippen LogP contribution is -2.06. The summed E-state index contributed by atoms with van der Waals surface area (Å²) in [5.74, 6) is 2.28. The minimum Gasteiger partial charge on any atom is -0.493 e. The Labute approximate surface area is 127 Å². The van der Waals surface area contributed by atoms with Gasteiger partial charge in [-0.3, -0.25) is 0 Å². The van der Waals surface area contributed by atoms with Gasteiger partial charge in [0.2, 0.25) is 0 Å². The van der Waals surface area contributed by atoms with Crippen LogP contribution in [0.5, 0.6) is 11.5 Å². The summed E-state index contributed by atoms with van der Waals surface area (Å²) in [6.45, 7) is 3.02. The number of para-hydroxylation sites is 2. The van der Waals surface area contributed by atoms with Crippen LogP contribution in [-0.2, 0) is 6.42 Å². The third-order valence-electron chi connectivity index (χ3n) is 3.71. The Hall–Kier alpha value is -1.96. The van der Waals surface area contributed by atoms with Gasteiger partial charge in [-0.25, -0.2) is 0 Å². The van der Waals surface area contributed by atoms with Gasteiger partial charge in [0, 0.05) is 0 Å². The quantitative estimate of drug-likeness (QED) is 0.697. The molecule has 2 rings (SSSR count). The van der Waals surface area contributed by atoms with Crippen molar-refractivity contribution in [3.63, 3.8) is 0 Å². The van der Waals surface area contributed by atoms with Gasteiger partial charge in [0.05, 0.1) is 13.7 Å². The van der Waals surface area contributed by atoms with Crippen LogP contribution in [0.1, 0.15) is 25.3 Å². The van der Waals surface area contributed by atoms with Crippen LogP contribution in [0.3, 0.4) is 0 Å². The minimum atomic E-state index is 0.653. The molecular weight excluding hydrogens is 260 g/mol. The highest BCUT2D eigenvalue weighted by atomic mass is 16.5. The molecule has 21 heavy (non-hydrogen) atoms. The van der Waals surface area contributed by atoms with Crippen molar-refractivity contribution in [2.24, 2.45) is 5.92 Å². The van der Waals surface area contributed by atoms with Gasteiger partial charge in [0.15, 0.2) is 11.5 Å². The molecule has 1 atom stereocenters. The molecule has 2 heteroatoms. The Morgan fingerprint density at radius 1 is 0.857 bits per heavy atom. The maximum absolute atomic E-state index is 5.83. The van der Waals surface area contributed by atoms with Gasteiger partial charge in [0.25, 0.3) is 0 Å². The van der Waals surface area contributed by atoms with E-state index in [2.05, 4.69) is 37.3 Å². The normalized spacial score (nSPS) is 11.9. The molecule has 0 aliphatic rings. The zero-order valence-corrected chi connectivity index (χ0v) is 12.9. The van der Waals surface area contributed by atoms with E-state index in [0.717, 1.165) is 30.9 Å². The van der Waals surface area contributed by atoms with Crippen molar-refractivity contribution in [3.05, 3.63) is 60.2 Å². The van der Waals surface area contributed by atoms with E-state index in [9.17, 15) is 0 Å². The van der Waals surface area contributed by atoms with E-state index in [1.165, 1.54) is 12.0 Å². The number of aryl methyl sites for hydroxylation is 1. The van der Waals surface area contributed by atoms with Crippen molar-refractivity contribution >= 4 is 0 Å². The van der Waals surface area contributed by atoms with Crippen molar-refractivity contribution in [1.29, 1.82) is 0 Å². The molecule has 2 nitrogen and oxygen atoms in total. The fourth-order valence-electron chi connectivity index (χ4n) is 2.31. The third-order valence-corrected chi connectivity index (χ3v) is 3.71. The monoisotopic (exact) mass is 284 g/mol. The average molecular weight is 284 g/mol. The smallest absolute Gasteiger partial charge is 0.161 e. The first-order chi connectivity index (χ1) is 10.3. The molecule has 0 heterocycles. The van der Waals surface area contributed by atoms with Crippen LogP contribution in [0.15, 0.2) is 54.6 Å². The van der Waals surface area contributed by atoms with Gasteiger partial charge in [-0.05, 0) is 42.9 Å². The molecule has 0 amide bonds. The van der Waals surface area contributed by atoms with Crippen molar-refractivity contribution in [3.8, 4) is 11.5 Å². The van der Waals surface area contributed by atoms with E-state index in [-0.39, 0.29) is 0 Å². The second kappa shape index (κ2) is 8.35. The van der Waals surface area contributed by atoms with Gasteiger partial charge >= 0.3 is 0 Å². The van der Waals surface area contributed by atoms with Crippen molar-refractivity contribution in [2.75, 3.05) is 13.7 Å². The van der Waals surface area contributed by atoms with Crippen molar-refractivity contribution in [2.45, 2.75) is 26.2 Å². The summed E-state index contributed by atoms with van der Waals surface area (Å²) in [5, 5.41) is 0. The fraction of sp³-hybridized carbons (Fsp3) is 0.368. The number of hydrogen-bond donors (Lipinski definition) is 0. The van der Waals surface area contributed by atoms with E-state index in [1.807, 2.05) is 24.3 Å². The summed E-state index contributed by atoms with van der Waals surface area (Å²) in [6.07, 6.45) is 3.39. The first-order valence-electron chi connectivity index (χ1n) is 7.59. The van der Waals surface area contributed by atoms with Gasteiger partial charge in [-0.15, -0.1) is 0 Å². The molecule has 0 fully saturated rings. The van der Waals surface area contributed by atoms with Gasteiger partial charge in [0.1, 0.15) is 0 Å². The van der Waals surface area contributed by atoms with E-state index < -0.39 is 0 Å². The Morgan fingerprint density at radius 3 is 2.24 bits per heavy atom. The van der Waals surface area contributed by atoms with Crippen LogP contribution in [0, 0.1) is 5.92 Å². The largest absolute Gasteiger partial charge is 0.493 e. The lowest BCUT2D eigenvalue weighted by atomic mass is 9.99. The predicted octanol–water partition coefficient (Wildman–Crippen LogP) is 4.73. The first kappa shape index (κ1) is 15.4. The Morgan fingerprint density at radius 2 is 1.52 bits per heavy atom. The van der Waals surface area contributed by atoms with E-state index in [1.54, 1.807) is 7.11 Å². The van der Waals surface area contributed by atoms with Crippen LogP contribution in [0.4, 0.5) is 0 Å². The molecule has 0 N–H and O–H groups in total. The van der Waals surface area contributed by atoms with E-state index in [0.29, 0.717) is 5.92 Å².